The largest absolute Gasteiger partial charge is 0.494 e. The number of piperidine rings is 1. The first-order valence-electron chi connectivity index (χ1n) is 7.94. The predicted molar refractivity (Wildman–Crippen MR) is 91.6 cm³/mol. The summed E-state index contributed by atoms with van der Waals surface area (Å²) < 4.78 is 5.55. The molecule has 2 N–H and O–H groups in total. The maximum absolute atomic E-state index is 12.2. The number of ether oxygens (including phenoxy) is 1. The van der Waals surface area contributed by atoms with Gasteiger partial charge in [-0.1, -0.05) is 19.1 Å². The fourth-order valence-electron chi connectivity index (χ4n) is 2.62. The maximum atomic E-state index is 12.2. The van der Waals surface area contributed by atoms with Crippen LogP contribution in [0.4, 0.5) is 0 Å². The zero-order chi connectivity index (χ0) is 15.1. The number of likely N-dealkylation sites (tertiary alicyclic amines) is 1. The van der Waals surface area contributed by atoms with Gasteiger partial charge in [0.05, 0.1) is 6.61 Å². The lowest BCUT2D eigenvalue weighted by Gasteiger charge is -2.30. The summed E-state index contributed by atoms with van der Waals surface area (Å²) in [5.41, 5.74) is 7.09. The molecular formula is C17H27ClN2O2. The first kappa shape index (κ1) is 18.8. The summed E-state index contributed by atoms with van der Waals surface area (Å²) in [6.07, 6.45) is 4.40. The van der Waals surface area contributed by atoms with E-state index in [0.717, 1.165) is 44.6 Å². The number of halogens is 1. The normalized spacial score (nSPS) is 17.7. The van der Waals surface area contributed by atoms with Gasteiger partial charge in [0, 0.05) is 25.6 Å². The minimum absolute atomic E-state index is 0. The van der Waals surface area contributed by atoms with E-state index in [2.05, 4.69) is 6.92 Å². The lowest BCUT2D eigenvalue weighted by Crippen LogP contribution is -2.45. The van der Waals surface area contributed by atoms with Gasteiger partial charge in [0.2, 0.25) is 5.91 Å². The van der Waals surface area contributed by atoms with E-state index in [1.807, 2.05) is 29.2 Å². The van der Waals surface area contributed by atoms with Crippen molar-refractivity contribution in [2.24, 2.45) is 5.73 Å². The van der Waals surface area contributed by atoms with Crippen molar-refractivity contribution in [1.29, 1.82) is 0 Å². The van der Waals surface area contributed by atoms with Crippen LogP contribution < -0.4 is 10.5 Å². The van der Waals surface area contributed by atoms with E-state index in [1.54, 1.807) is 0 Å². The Morgan fingerprint density at radius 3 is 2.73 bits per heavy atom. The van der Waals surface area contributed by atoms with Gasteiger partial charge in [0.15, 0.2) is 0 Å². The first-order chi connectivity index (χ1) is 10.2. The van der Waals surface area contributed by atoms with Gasteiger partial charge in [-0.15, -0.1) is 12.4 Å². The summed E-state index contributed by atoms with van der Waals surface area (Å²) in [6.45, 7) is 4.40. The fourth-order valence-corrected chi connectivity index (χ4v) is 2.62. The van der Waals surface area contributed by atoms with Gasteiger partial charge in [0.1, 0.15) is 5.75 Å². The van der Waals surface area contributed by atoms with Crippen molar-refractivity contribution in [2.75, 3.05) is 19.7 Å². The lowest BCUT2D eigenvalue weighted by atomic mass is 10.0. The molecule has 0 saturated carbocycles. The SMILES string of the molecule is CCCOc1ccc(CCC(=O)N2CCCC(N)C2)cc1.Cl. The first-order valence-corrected chi connectivity index (χ1v) is 7.94. The number of benzene rings is 1. The third kappa shape index (κ3) is 5.85. The standard InChI is InChI=1S/C17H26N2O2.ClH/c1-2-12-21-16-8-5-14(6-9-16)7-10-17(20)19-11-3-4-15(18)13-19;/h5-6,8-9,15H,2-4,7,10-13,18H2,1H3;1H. The minimum Gasteiger partial charge on any atom is -0.494 e. The van der Waals surface area contributed by atoms with Gasteiger partial charge in [0.25, 0.3) is 0 Å². The molecule has 5 heteroatoms. The van der Waals surface area contributed by atoms with Crippen LogP contribution in [-0.4, -0.2) is 36.5 Å². The molecule has 0 aromatic heterocycles. The van der Waals surface area contributed by atoms with Crippen molar-refractivity contribution >= 4 is 18.3 Å². The van der Waals surface area contributed by atoms with Crippen LogP contribution in [0, 0.1) is 0 Å². The van der Waals surface area contributed by atoms with Crippen molar-refractivity contribution < 1.29 is 9.53 Å². The van der Waals surface area contributed by atoms with E-state index in [1.165, 1.54) is 5.56 Å². The second kappa shape index (κ2) is 9.70. The second-order valence-electron chi connectivity index (χ2n) is 5.73. The molecule has 0 radical (unpaired) electrons. The molecule has 1 heterocycles. The minimum atomic E-state index is 0. The Bertz CT molecular complexity index is 450. The highest BCUT2D eigenvalue weighted by molar-refractivity contribution is 5.85. The highest BCUT2D eigenvalue weighted by Gasteiger charge is 2.20. The smallest absolute Gasteiger partial charge is 0.222 e. The number of carbonyl (C=O) groups is 1. The Morgan fingerprint density at radius 1 is 1.36 bits per heavy atom. The highest BCUT2D eigenvalue weighted by Crippen LogP contribution is 2.15. The average Bonchev–Trinajstić information content (AvgIpc) is 2.51. The third-order valence-corrected chi connectivity index (χ3v) is 3.83. The third-order valence-electron chi connectivity index (χ3n) is 3.83. The van der Waals surface area contributed by atoms with Crippen LogP contribution in [0.15, 0.2) is 24.3 Å². The molecule has 1 aromatic rings. The van der Waals surface area contributed by atoms with E-state index in [4.69, 9.17) is 10.5 Å². The van der Waals surface area contributed by atoms with Crippen LogP contribution in [0.2, 0.25) is 0 Å². The molecule has 22 heavy (non-hydrogen) atoms. The number of hydrogen-bond acceptors (Lipinski definition) is 3. The quantitative estimate of drug-likeness (QED) is 0.874. The van der Waals surface area contributed by atoms with E-state index in [0.29, 0.717) is 13.0 Å². The van der Waals surface area contributed by atoms with Crippen molar-refractivity contribution in [3.05, 3.63) is 29.8 Å². The summed E-state index contributed by atoms with van der Waals surface area (Å²) in [5, 5.41) is 0. The molecule has 1 saturated heterocycles. The van der Waals surface area contributed by atoms with Crippen molar-refractivity contribution in [3.63, 3.8) is 0 Å². The van der Waals surface area contributed by atoms with Gasteiger partial charge in [-0.3, -0.25) is 4.79 Å². The number of aryl methyl sites for hydroxylation is 1. The molecule has 1 aliphatic heterocycles. The molecule has 0 spiro atoms. The molecule has 1 amide bonds. The second-order valence-corrected chi connectivity index (χ2v) is 5.73. The molecule has 1 unspecified atom stereocenters. The van der Waals surface area contributed by atoms with Crippen molar-refractivity contribution in [2.45, 2.75) is 45.1 Å². The Kier molecular flexibility index (Phi) is 8.28. The van der Waals surface area contributed by atoms with Gasteiger partial charge in [-0.2, -0.15) is 0 Å². The monoisotopic (exact) mass is 326 g/mol. The van der Waals surface area contributed by atoms with E-state index >= 15 is 0 Å². The highest BCUT2D eigenvalue weighted by atomic mass is 35.5. The number of carbonyl (C=O) groups excluding carboxylic acids is 1. The zero-order valence-corrected chi connectivity index (χ0v) is 14.1. The fraction of sp³-hybridized carbons (Fsp3) is 0.588. The van der Waals surface area contributed by atoms with Gasteiger partial charge < -0.3 is 15.4 Å². The summed E-state index contributed by atoms with van der Waals surface area (Å²) in [4.78, 5) is 14.1. The Morgan fingerprint density at radius 2 is 2.09 bits per heavy atom. The summed E-state index contributed by atoms with van der Waals surface area (Å²) in [5.74, 6) is 1.12. The topological polar surface area (TPSA) is 55.6 Å². The summed E-state index contributed by atoms with van der Waals surface area (Å²) in [7, 11) is 0. The molecule has 0 bridgehead atoms. The van der Waals surface area contributed by atoms with Crippen molar-refractivity contribution in [1.82, 2.24) is 4.90 Å². The maximum Gasteiger partial charge on any atom is 0.222 e. The molecular weight excluding hydrogens is 300 g/mol. The van der Waals surface area contributed by atoms with E-state index in [9.17, 15) is 4.79 Å². The molecule has 124 valence electrons. The Balaban J connectivity index is 0.00000242. The van der Waals surface area contributed by atoms with Crippen LogP contribution >= 0.6 is 12.4 Å². The number of hydrogen-bond donors (Lipinski definition) is 1. The van der Waals surface area contributed by atoms with Crippen molar-refractivity contribution in [3.8, 4) is 5.75 Å². The molecule has 1 aliphatic rings. The molecule has 2 rings (SSSR count). The number of nitrogens with two attached hydrogens (primary N) is 1. The van der Waals surface area contributed by atoms with Crippen LogP contribution in [0.5, 0.6) is 5.75 Å². The molecule has 0 aliphatic carbocycles. The average molecular weight is 327 g/mol. The number of amides is 1. The molecule has 4 nitrogen and oxygen atoms in total. The van der Waals surface area contributed by atoms with Gasteiger partial charge in [-0.25, -0.2) is 0 Å². The van der Waals surface area contributed by atoms with Gasteiger partial charge in [-0.05, 0) is 43.4 Å². The molecule has 1 aromatic carbocycles. The lowest BCUT2D eigenvalue weighted by molar-refractivity contribution is -0.132. The van der Waals surface area contributed by atoms with E-state index < -0.39 is 0 Å². The predicted octanol–water partition coefficient (Wildman–Crippen LogP) is 2.78. The molecule has 1 atom stereocenters. The zero-order valence-electron chi connectivity index (χ0n) is 13.3. The van der Waals surface area contributed by atoms with Crippen LogP contribution in [0.3, 0.4) is 0 Å². The van der Waals surface area contributed by atoms with Gasteiger partial charge >= 0.3 is 0 Å². The Labute approximate surface area is 139 Å². The molecule has 1 fully saturated rings. The van der Waals surface area contributed by atoms with Crippen LogP contribution in [0.25, 0.3) is 0 Å². The number of rotatable bonds is 6. The van der Waals surface area contributed by atoms with Crippen LogP contribution in [-0.2, 0) is 11.2 Å². The number of nitrogens with zero attached hydrogens (tertiary/aromatic N) is 1. The summed E-state index contributed by atoms with van der Waals surface area (Å²) in [6, 6.07) is 8.19. The van der Waals surface area contributed by atoms with Crippen LogP contribution in [0.1, 0.15) is 38.2 Å². The van der Waals surface area contributed by atoms with E-state index in [-0.39, 0.29) is 24.4 Å². The summed E-state index contributed by atoms with van der Waals surface area (Å²) >= 11 is 0. The Hall–Kier alpha value is -1.26.